The van der Waals surface area contributed by atoms with Crippen molar-refractivity contribution >= 4 is 11.8 Å². The van der Waals surface area contributed by atoms with Gasteiger partial charge >= 0.3 is 0 Å². The zero-order chi connectivity index (χ0) is 21.7. The monoisotopic (exact) mass is 440 g/mol. The summed E-state index contributed by atoms with van der Waals surface area (Å²) in [5.41, 5.74) is 0.920. The number of nitrogens with zero attached hydrogens (tertiary/aromatic N) is 3. The number of aromatic nitrogens is 2. The molecule has 4 saturated carbocycles. The van der Waals surface area contributed by atoms with Crippen molar-refractivity contribution in [3.8, 4) is 0 Å². The van der Waals surface area contributed by atoms with E-state index in [2.05, 4.69) is 15.3 Å². The number of ether oxygens (including phenoxy) is 1. The molecule has 1 aromatic heterocycles. The maximum Gasteiger partial charge on any atom is 0.229 e. The number of fused-ring (bicyclic) bond motifs is 1. The third-order valence-electron chi connectivity index (χ3n) is 9.01. The molecule has 0 spiro atoms. The van der Waals surface area contributed by atoms with Gasteiger partial charge in [0.25, 0.3) is 0 Å². The summed E-state index contributed by atoms with van der Waals surface area (Å²) in [6.45, 7) is 3.53. The van der Waals surface area contributed by atoms with E-state index in [0.29, 0.717) is 31.3 Å². The molecule has 0 aromatic carbocycles. The lowest BCUT2D eigenvalue weighted by Gasteiger charge is -2.57. The number of carbonyl (C=O) groups excluding carboxylic acids is 2. The average Bonchev–Trinajstić information content (AvgIpc) is 3.26. The summed E-state index contributed by atoms with van der Waals surface area (Å²) in [6.07, 6.45) is 11.5. The van der Waals surface area contributed by atoms with Gasteiger partial charge in [-0.15, -0.1) is 0 Å². The number of carbonyl (C=O) groups is 2. The maximum absolute atomic E-state index is 13.9. The van der Waals surface area contributed by atoms with Gasteiger partial charge in [-0.05, 0) is 81.1 Å². The van der Waals surface area contributed by atoms with Crippen molar-refractivity contribution < 1.29 is 14.3 Å². The smallest absolute Gasteiger partial charge is 0.229 e. The van der Waals surface area contributed by atoms with Crippen molar-refractivity contribution in [1.82, 2.24) is 20.0 Å². The first-order valence-electron chi connectivity index (χ1n) is 12.7. The lowest BCUT2D eigenvalue weighted by atomic mass is 9.49. The molecule has 1 atom stereocenters. The number of rotatable bonds is 5. The predicted molar refractivity (Wildman–Crippen MR) is 118 cm³/mol. The van der Waals surface area contributed by atoms with E-state index in [9.17, 15) is 9.59 Å². The van der Waals surface area contributed by atoms with Crippen LogP contribution in [0.3, 0.4) is 0 Å². The van der Waals surface area contributed by atoms with E-state index in [0.717, 1.165) is 75.3 Å². The Morgan fingerprint density at radius 1 is 1.09 bits per heavy atom. The van der Waals surface area contributed by atoms with Crippen LogP contribution in [0.1, 0.15) is 69.5 Å². The zero-order valence-electron chi connectivity index (χ0n) is 19.0. The minimum atomic E-state index is -0.132. The Labute approximate surface area is 190 Å². The van der Waals surface area contributed by atoms with Crippen LogP contribution in [0.2, 0.25) is 0 Å². The zero-order valence-corrected chi connectivity index (χ0v) is 19.0. The molecular formula is C25H36N4O3. The molecule has 4 bridgehead atoms. The van der Waals surface area contributed by atoms with Crippen molar-refractivity contribution in [2.24, 2.45) is 29.1 Å². The second-order valence-electron chi connectivity index (χ2n) is 11.4. The largest absolute Gasteiger partial charge is 0.381 e. The molecule has 6 aliphatic rings. The van der Waals surface area contributed by atoms with Crippen molar-refractivity contribution in [3.63, 3.8) is 0 Å². The van der Waals surface area contributed by atoms with Crippen LogP contribution in [0.4, 0.5) is 0 Å². The third-order valence-corrected chi connectivity index (χ3v) is 9.01. The van der Waals surface area contributed by atoms with Crippen LogP contribution in [0.5, 0.6) is 0 Å². The minimum Gasteiger partial charge on any atom is -0.381 e. The van der Waals surface area contributed by atoms with E-state index in [1.165, 1.54) is 19.3 Å². The van der Waals surface area contributed by atoms with Crippen LogP contribution < -0.4 is 5.32 Å². The quantitative estimate of drug-likeness (QED) is 0.764. The topological polar surface area (TPSA) is 76.5 Å². The highest BCUT2D eigenvalue weighted by atomic mass is 16.5. The molecule has 2 amide bonds. The normalized spacial score (nSPS) is 36.2. The number of hydrogen-bond donors (Lipinski definition) is 1. The van der Waals surface area contributed by atoms with Crippen LogP contribution in [-0.4, -0.2) is 52.8 Å². The van der Waals surface area contributed by atoms with Gasteiger partial charge in [0.15, 0.2) is 0 Å². The summed E-state index contributed by atoms with van der Waals surface area (Å²) in [5.74, 6) is 3.20. The standard InChI is InChI=1S/C25H36N4O3/c30-23(26-14-17-2-5-32-6-3-17)10-22-16-28(15-21-1-4-27-29(21)22)24(31)25-11-18-7-19(12-25)9-20(8-18)13-25/h1,4,17-20,22H,2-3,5-16H2,(H,26,30)/t18?,19?,20?,22-,25?/m1/s1. The van der Waals surface area contributed by atoms with Gasteiger partial charge < -0.3 is 15.0 Å². The summed E-state index contributed by atoms with van der Waals surface area (Å²) in [6, 6.07) is 1.92. The van der Waals surface area contributed by atoms with Gasteiger partial charge in [-0.3, -0.25) is 14.3 Å². The molecule has 4 aliphatic carbocycles. The molecule has 1 saturated heterocycles. The summed E-state index contributed by atoms with van der Waals surface area (Å²) in [7, 11) is 0. The maximum atomic E-state index is 13.9. The summed E-state index contributed by atoms with van der Waals surface area (Å²) >= 11 is 0. The van der Waals surface area contributed by atoms with Crippen LogP contribution in [0, 0.1) is 29.1 Å². The average molecular weight is 441 g/mol. The number of hydrogen-bond acceptors (Lipinski definition) is 4. The lowest BCUT2D eigenvalue weighted by molar-refractivity contribution is -0.160. The molecule has 7 nitrogen and oxygen atoms in total. The van der Waals surface area contributed by atoms with Crippen molar-refractivity contribution in [3.05, 3.63) is 18.0 Å². The molecule has 0 unspecified atom stereocenters. The molecule has 5 fully saturated rings. The molecule has 1 aromatic rings. The minimum absolute atomic E-state index is 0.0621. The highest BCUT2D eigenvalue weighted by molar-refractivity contribution is 5.83. The number of nitrogens with one attached hydrogen (secondary N) is 1. The van der Waals surface area contributed by atoms with Gasteiger partial charge in [-0.25, -0.2) is 0 Å². The van der Waals surface area contributed by atoms with Gasteiger partial charge in [0.1, 0.15) is 0 Å². The molecule has 1 N–H and O–H groups in total. The van der Waals surface area contributed by atoms with Gasteiger partial charge in [-0.2, -0.15) is 5.10 Å². The van der Waals surface area contributed by atoms with Crippen molar-refractivity contribution in [2.45, 2.75) is 70.4 Å². The molecule has 32 heavy (non-hydrogen) atoms. The molecule has 7 heteroatoms. The van der Waals surface area contributed by atoms with Gasteiger partial charge in [0, 0.05) is 32.5 Å². The van der Waals surface area contributed by atoms with Crippen LogP contribution >= 0.6 is 0 Å². The molecular weight excluding hydrogens is 404 g/mol. The molecule has 174 valence electrons. The van der Waals surface area contributed by atoms with E-state index in [-0.39, 0.29) is 17.4 Å². The fourth-order valence-corrected chi connectivity index (χ4v) is 7.90. The fourth-order valence-electron chi connectivity index (χ4n) is 7.90. The Bertz CT molecular complexity index is 839. The Balaban J connectivity index is 1.13. The van der Waals surface area contributed by atoms with Crippen LogP contribution in [0.25, 0.3) is 0 Å². The first-order valence-corrected chi connectivity index (χ1v) is 12.7. The van der Waals surface area contributed by atoms with Crippen molar-refractivity contribution in [2.75, 3.05) is 26.3 Å². The van der Waals surface area contributed by atoms with Crippen LogP contribution in [0.15, 0.2) is 12.3 Å². The molecule has 0 radical (unpaired) electrons. The first kappa shape index (κ1) is 20.7. The van der Waals surface area contributed by atoms with E-state index >= 15 is 0 Å². The van der Waals surface area contributed by atoms with Gasteiger partial charge in [-0.1, -0.05) is 0 Å². The molecule has 2 aliphatic heterocycles. The predicted octanol–water partition coefficient (Wildman–Crippen LogP) is 2.92. The molecule has 3 heterocycles. The Kier molecular flexibility index (Phi) is 5.27. The Morgan fingerprint density at radius 2 is 1.78 bits per heavy atom. The van der Waals surface area contributed by atoms with Gasteiger partial charge in [0.05, 0.1) is 30.1 Å². The molecule has 7 rings (SSSR count). The summed E-state index contributed by atoms with van der Waals surface area (Å²) in [5, 5.41) is 7.65. The highest BCUT2D eigenvalue weighted by Crippen LogP contribution is 2.60. The van der Waals surface area contributed by atoms with Gasteiger partial charge in [0.2, 0.25) is 11.8 Å². The fraction of sp³-hybridized carbons (Fsp3) is 0.800. The Morgan fingerprint density at radius 3 is 2.47 bits per heavy atom. The second-order valence-corrected chi connectivity index (χ2v) is 11.4. The number of amides is 2. The second kappa shape index (κ2) is 8.15. The van der Waals surface area contributed by atoms with Crippen molar-refractivity contribution in [1.29, 1.82) is 0 Å². The summed E-state index contributed by atoms with van der Waals surface area (Å²) in [4.78, 5) is 28.8. The SMILES string of the molecule is O=C(C[C@@H]1CN(C(=O)C23CC4CC(CC(C4)C2)C3)Cc2ccnn21)NCC1CCOCC1. The van der Waals surface area contributed by atoms with E-state index < -0.39 is 0 Å². The lowest BCUT2D eigenvalue weighted by Crippen LogP contribution is -2.56. The Hall–Kier alpha value is -1.89. The van der Waals surface area contributed by atoms with E-state index in [1.54, 1.807) is 6.20 Å². The van der Waals surface area contributed by atoms with E-state index in [1.807, 2.05) is 10.7 Å². The van der Waals surface area contributed by atoms with Crippen LogP contribution in [-0.2, 0) is 20.9 Å². The highest BCUT2D eigenvalue weighted by Gasteiger charge is 2.56. The third kappa shape index (κ3) is 3.76. The van der Waals surface area contributed by atoms with E-state index in [4.69, 9.17) is 4.74 Å². The first-order chi connectivity index (χ1) is 15.6. The summed E-state index contributed by atoms with van der Waals surface area (Å²) < 4.78 is 7.40.